The van der Waals surface area contributed by atoms with Gasteiger partial charge in [0, 0.05) is 43.3 Å². The maximum absolute atomic E-state index is 13.0. The minimum atomic E-state index is -0.0348. The van der Waals surface area contributed by atoms with E-state index in [1.165, 1.54) is 0 Å². The molecule has 3 aliphatic rings. The fourth-order valence-electron chi connectivity index (χ4n) is 4.11. The van der Waals surface area contributed by atoms with Crippen LogP contribution in [-0.2, 0) is 16.0 Å². The van der Waals surface area contributed by atoms with Crippen LogP contribution in [0.2, 0.25) is 0 Å². The number of thioether (sulfide) groups is 1. The van der Waals surface area contributed by atoms with E-state index >= 15 is 0 Å². The number of fused-ring (bicyclic) bond motifs is 1. The van der Waals surface area contributed by atoms with Crippen LogP contribution in [0.3, 0.4) is 0 Å². The standard InChI is InChI=1S/C20H25N3O3S/c1-13-12-22(20(26)17-3-2-10-27-17)8-9-23(13)19(25)15-5-4-14-6-7-18(24)21-16(14)11-15/h4-5,11,13,17H,2-3,6-10,12H2,1H3,(H,21,24). The summed E-state index contributed by atoms with van der Waals surface area (Å²) in [4.78, 5) is 41.1. The van der Waals surface area contributed by atoms with E-state index in [1.807, 2.05) is 28.9 Å². The molecule has 7 heteroatoms. The van der Waals surface area contributed by atoms with Gasteiger partial charge in [-0.05, 0) is 49.6 Å². The Balaban J connectivity index is 1.43. The molecule has 2 atom stereocenters. The number of aryl methyl sites for hydroxylation is 1. The van der Waals surface area contributed by atoms with Gasteiger partial charge in [0.15, 0.2) is 0 Å². The first-order chi connectivity index (χ1) is 13.0. The highest BCUT2D eigenvalue weighted by Gasteiger charge is 2.34. The maximum Gasteiger partial charge on any atom is 0.254 e. The van der Waals surface area contributed by atoms with Crippen molar-refractivity contribution >= 4 is 35.2 Å². The summed E-state index contributed by atoms with van der Waals surface area (Å²) in [5.74, 6) is 1.26. The molecule has 27 heavy (non-hydrogen) atoms. The number of hydrogen-bond donors (Lipinski definition) is 1. The normalized spacial score (nSPS) is 25.1. The summed E-state index contributed by atoms with van der Waals surface area (Å²) in [5, 5.41) is 2.96. The molecule has 0 saturated carbocycles. The van der Waals surface area contributed by atoms with Gasteiger partial charge in [-0.2, -0.15) is 0 Å². The Morgan fingerprint density at radius 1 is 1.22 bits per heavy atom. The molecule has 1 aromatic rings. The molecule has 0 aromatic heterocycles. The lowest BCUT2D eigenvalue weighted by Crippen LogP contribution is -2.56. The number of benzene rings is 1. The van der Waals surface area contributed by atoms with Gasteiger partial charge in [0.2, 0.25) is 11.8 Å². The Morgan fingerprint density at radius 3 is 2.81 bits per heavy atom. The summed E-state index contributed by atoms with van der Waals surface area (Å²) in [5.41, 5.74) is 2.41. The number of carbonyl (C=O) groups is 3. The lowest BCUT2D eigenvalue weighted by atomic mass is 10.00. The fourth-order valence-corrected chi connectivity index (χ4v) is 5.35. The molecule has 0 aliphatic carbocycles. The quantitative estimate of drug-likeness (QED) is 0.844. The highest BCUT2D eigenvalue weighted by atomic mass is 32.2. The van der Waals surface area contributed by atoms with Gasteiger partial charge in [-0.25, -0.2) is 0 Å². The predicted molar refractivity (Wildman–Crippen MR) is 106 cm³/mol. The van der Waals surface area contributed by atoms with Crippen LogP contribution in [0.4, 0.5) is 5.69 Å². The van der Waals surface area contributed by atoms with E-state index < -0.39 is 0 Å². The van der Waals surface area contributed by atoms with E-state index in [4.69, 9.17) is 0 Å². The van der Waals surface area contributed by atoms with Crippen molar-refractivity contribution in [3.05, 3.63) is 29.3 Å². The van der Waals surface area contributed by atoms with E-state index in [2.05, 4.69) is 5.32 Å². The summed E-state index contributed by atoms with van der Waals surface area (Å²) in [6.45, 7) is 3.73. The van der Waals surface area contributed by atoms with Crippen LogP contribution in [0.1, 0.15) is 42.1 Å². The van der Waals surface area contributed by atoms with Crippen LogP contribution in [0.15, 0.2) is 18.2 Å². The SMILES string of the molecule is CC1CN(C(=O)C2CCCS2)CCN1C(=O)c1ccc2c(c1)NC(=O)CC2. The second kappa shape index (κ2) is 7.54. The average Bonchev–Trinajstić information content (AvgIpc) is 3.21. The number of anilines is 1. The largest absolute Gasteiger partial charge is 0.338 e. The molecule has 0 spiro atoms. The van der Waals surface area contributed by atoms with Gasteiger partial charge < -0.3 is 15.1 Å². The number of hydrogen-bond acceptors (Lipinski definition) is 4. The maximum atomic E-state index is 13.0. The Kier molecular flexibility index (Phi) is 5.12. The zero-order valence-electron chi connectivity index (χ0n) is 15.6. The van der Waals surface area contributed by atoms with E-state index in [0.29, 0.717) is 38.0 Å². The third kappa shape index (κ3) is 3.70. The third-order valence-electron chi connectivity index (χ3n) is 5.66. The van der Waals surface area contributed by atoms with E-state index in [-0.39, 0.29) is 29.0 Å². The lowest BCUT2D eigenvalue weighted by molar-refractivity contribution is -0.133. The highest BCUT2D eigenvalue weighted by molar-refractivity contribution is 8.00. The summed E-state index contributed by atoms with van der Waals surface area (Å²) in [6.07, 6.45) is 3.29. The van der Waals surface area contributed by atoms with Gasteiger partial charge in [0.05, 0.1) is 5.25 Å². The van der Waals surface area contributed by atoms with Crippen molar-refractivity contribution in [3.8, 4) is 0 Å². The van der Waals surface area contributed by atoms with E-state index in [0.717, 1.165) is 29.8 Å². The van der Waals surface area contributed by atoms with Gasteiger partial charge in [-0.15, -0.1) is 11.8 Å². The molecular formula is C20H25N3O3S. The van der Waals surface area contributed by atoms with Crippen molar-refractivity contribution in [1.82, 2.24) is 9.80 Å². The molecule has 3 amide bonds. The number of carbonyl (C=O) groups excluding carboxylic acids is 3. The lowest BCUT2D eigenvalue weighted by Gasteiger charge is -2.40. The summed E-state index contributed by atoms with van der Waals surface area (Å²) in [7, 11) is 0. The van der Waals surface area contributed by atoms with Crippen LogP contribution in [0.25, 0.3) is 0 Å². The molecule has 6 nitrogen and oxygen atoms in total. The molecule has 0 radical (unpaired) electrons. The topological polar surface area (TPSA) is 69.7 Å². The first-order valence-corrected chi connectivity index (χ1v) is 10.7. The zero-order valence-corrected chi connectivity index (χ0v) is 16.4. The van der Waals surface area contributed by atoms with Crippen molar-refractivity contribution < 1.29 is 14.4 Å². The number of rotatable bonds is 2. The Bertz CT molecular complexity index is 776. The van der Waals surface area contributed by atoms with E-state index in [1.54, 1.807) is 17.8 Å². The van der Waals surface area contributed by atoms with Crippen LogP contribution >= 0.6 is 11.8 Å². The van der Waals surface area contributed by atoms with Gasteiger partial charge >= 0.3 is 0 Å². The highest BCUT2D eigenvalue weighted by Crippen LogP contribution is 2.29. The molecule has 1 aromatic carbocycles. The minimum Gasteiger partial charge on any atom is -0.338 e. The molecule has 2 fully saturated rings. The molecule has 2 saturated heterocycles. The monoisotopic (exact) mass is 387 g/mol. The number of nitrogens with zero attached hydrogens (tertiary/aromatic N) is 2. The van der Waals surface area contributed by atoms with Crippen molar-refractivity contribution in [2.75, 3.05) is 30.7 Å². The summed E-state index contributed by atoms with van der Waals surface area (Å²) in [6, 6.07) is 5.54. The Labute approximate surface area is 163 Å². The Hall–Kier alpha value is -2.02. The molecule has 1 N–H and O–H groups in total. The molecule has 0 bridgehead atoms. The molecule has 2 unspecified atom stereocenters. The first kappa shape index (κ1) is 18.3. The van der Waals surface area contributed by atoms with Crippen LogP contribution in [-0.4, -0.2) is 64.2 Å². The van der Waals surface area contributed by atoms with Crippen LogP contribution in [0, 0.1) is 0 Å². The van der Waals surface area contributed by atoms with Gasteiger partial charge in [0.25, 0.3) is 5.91 Å². The van der Waals surface area contributed by atoms with Crippen molar-refractivity contribution in [1.29, 1.82) is 0 Å². The zero-order chi connectivity index (χ0) is 19.0. The van der Waals surface area contributed by atoms with Crippen LogP contribution < -0.4 is 5.32 Å². The first-order valence-electron chi connectivity index (χ1n) is 9.67. The number of nitrogens with one attached hydrogen (secondary N) is 1. The Morgan fingerprint density at radius 2 is 2.07 bits per heavy atom. The van der Waals surface area contributed by atoms with Crippen molar-refractivity contribution in [2.45, 2.75) is 43.9 Å². The predicted octanol–water partition coefficient (Wildman–Crippen LogP) is 2.14. The third-order valence-corrected chi connectivity index (χ3v) is 7.02. The smallest absolute Gasteiger partial charge is 0.254 e. The molecule has 4 rings (SSSR count). The summed E-state index contributed by atoms with van der Waals surface area (Å²) >= 11 is 1.76. The molecular weight excluding hydrogens is 362 g/mol. The van der Waals surface area contributed by atoms with Gasteiger partial charge in [-0.3, -0.25) is 14.4 Å². The van der Waals surface area contributed by atoms with E-state index in [9.17, 15) is 14.4 Å². The fraction of sp³-hybridized carbons (Fsp3) is 0.550. The van der Waals surface area contributed by atoms with Crippen LogP contribution in [0.5, 0.6) is 0 Å². The molecule has 3 aliphatic heterocycles. The van der Waals surface area contributed by atoms with Crippen molar-refractivity contribution in [3.63, 3.8) is 0 Å². The summed E-state index contributed by atoms with van der Waals surface area (Å²) < 4.78 is 0. The minimum absolute atomic E-state index is 0.00243. The second-order valence-corrected chi connectivity index (χ2v) is 8.86. The molecule has 144 valence electrons. The van der Waals surface area contributed by atoms with Crippen molar-refractivity contribution in [2.24, 2.45) is 0 Å². The average molecular weight is 388 g/mol. The number of amides is 3. The molecule has 3 heterocycles. The van der Waals surface area contributed by atoms with Gasteiger partial charge in [0.1, 0.15) is 0 Å². The number of piperazine rings is 1. The van der Waals surface area contributed by atoms with Gasteiger partial charge in [-0.1, -0.05) is 6.07 Å². The second-order valence-electron chi connectivity index (χ2n) is 7.55.